The van der Waals surface area contributed by atoms with Crippen LogP contribution in [0.1, 0.15) is 13.8 Å². The van der Waals surface area contributed by atoms with E-state index in [1.54, 1.807) is 0 Å². The number of amides is 1. The predicted molar refractivity (Wildman–Crippen MR) is 81.6 cm³/mol. The number of aliphatic hydroxyl groups excluding tert-OH is 1. The minimum atomic E-state index is -1.82. The highest BCUT2D eigenvalue weighted by atomic mass is 35.6. The van der Waals surface area contributed by atoms with Crippen molar-refractivity contribution in [2.75, 3.05) is 13.2 Å². The first-order chi connectivity index (χ1) is 11.0. The topological polar surface area (TPSA) is 120 Å². The molecule has 9 nitrogen and oxygen atoms in total. The maximum atomic E-state index is 11.7. The lowest BCUT2D eigenvalue weighted by Crippen LogP contribution is -2.62. The van der Waals surface area contributed by atoms with E-state index in [1.807, 2.05) is 0 Å². The number of carbonyl (C=O) groups is 3. The lowest BCUT2D eigenvalue weighted by Gasteiger charge is -2.39. The molecule has 2 N–H and O–H groups in total. The van der Waals surface area contributed by atoms with Crippen LogP contribution in [0.4, 0.5) is 4.79 Å². The van der Waals surface area contributed by atoms with E-state index in [9.17, 15) is 19.5 Å². The Labute approximate surface area is 152 Å². The predicted octanol–water partition coefficient (Wildman–Crippen LogP) is 0.663. The van der Waals surface area contributed by atoms with Crippen molar-refractivity contribution in [1.29, 1.82) is 0 Å². The van der Waals surface area contributed by atoms with E-state index in [1.165, 1.54) is 0 Å². The molecule has 0 radical (unpaired) electrons. The van der Waals surface area contributed by atoms with E-state index >= 15 is 0 Å². The minimum absolute atomic E-state index is 0.236. The molecule has 0 bridgehead atoms. The Morgan fingerprint density at radius 1 is 1.21 bits per heavy atom. The standard InChI is InChI=1S/C12H16Cl3NO8/c1-5(17)23-7-3-21-10(19)8(9(7)24-6(2)18)16-11(20)22-4-12(13,14)15/h7-10,19H,3-4H2,1-2H3,(H,16,20)/t7-,8-,9+,10-/m1/s1. The smallest absolute Gasteiger partial charge is 0.407 e. The van der Waals surface area contributed by atoms with Crippen LogP contribution in [-0.2, 0) is 28.5 Å². The fourth-order valence-corrected chi connectivity index (χ4v) is 2.08. The molecule has 1 saturated heterocycles. The third kappa shape index (κ3) is 7.27. The number of aliphatic hydroxyl groups is 1. The number of carbonyl (C=O) groups excluding carboxylic acids is 3. The van der Waals surface area contributed by atoms with Gasteiger partial charge in [-0.3, -0.25) is 9.59 Å². The zero-order valence-electron chi connectivity index (χ0n) is 12.7. The van der Waals surface area contributed by atoms with E-state index < -0.39 is 53.0 Å². The Morgan fingerprint density at radius 2 is 1.79 bits per heavy atom. The van der Waals surface area contributed by atoms with E-state index in [-0.39, 0.29) is 6.61 Å². The summed E-state index contributed by atoms with van der Waals surface area (Å²) < 4.78 is 17.8. The molecular weight excluding hydrogens is 392 g/mol. The quantitative estimate of drug-likeness (QED) is 0.395. The largest absolute Gasteiger partial charge is 0.456 e. The SMILES string of the molecule is CC(=O)O[C@@H]1[C@@H](NC(=O)OCC(Cl)(Cl)Cl)[C@H](O)OC[C@H]1OC(C)=O. The van der Waals surface area contributed by atoms with Crippen LogP contribution in [0.3, 0.4) is 0 Å². The molecule has 1 heterocycles. The number of halogens is 3. The monoisotopic (exact) mass is 407 g/mol. The second-order valence-electron chi connectivity index (χ2n) is 4.81. The summed E-state index contributed by atoms with van der Waals surface area (Å²) in [6, 6.07) is -1.27. The van der Waals surface area contributed by atoms with Crippen molar-refractivity contribution in [2.45, 2.75) is 42.2 Å². The summed E-state index contributed by atoms with van der Waals surface area (Å²) in [7, 11) is 0. The lowest BCUT2D eigenvalue weighted by molar-refractivity contribution is -0.228. The van der Waals surface area contributed by atoms with Crippen LogP contribution in [-0.4, -0.2) is 64.7 Å². The van der Waals surface area contributed by atoms with Crippen LogP contribution in [0.5, 0.6) is 0 Å². The van der Waals surface area contributed by atoms with Gasteiger partial charge in [0.2, 0.25) is 3.79 Å². The van der Waals surface area contributed by atoms with Crippen LogP contribution in [0.15, 0.2) is 0 Å². The molecule has 24 heavy (non-hydrogen) atoms. The van der Waals surface area contributed by atoms with E-state index in [2.05, 4.69) is 10.1 Å². The maximum absolute atomic E-state index is 11.7. The van der Waals surface area contributed by atoms with Crippen LogP contribution < -0.4 is 5.32 Å². The molecule has 0 aromatic carbocycles. The Hall–Kier alpha value is -1.00. The number of ether oxygens (including phenoxy) is 4. The van der Waals surface area contributed by atoms with Crippen molar-refractivity contribution in [2.24, 2.45) is 0 Å². The second kappa shape index (κ2) is 8.91. The van der Waals surface area contributed by atoms with Crippen LogP contribution in [0.2, 0.25) is 0 Å². The Bertz CT molecular complexity index is 483. The first-order valence-electron chi connectivity index (χ1n) is 6.63. The van der Waals surface area contributed by atoms with Gasteiger partial charge in [-0.2, -0.15) is 0 Å². The first kappa shape index (κ1) is 21.0. The van der Waals surface area contributed by atoms with E-state index in [4.69, 9.17) is 49.0 Å². The van der Waals surface area contributed by atoms with Gasteiger partial charge < -0.3 is 29.4 Å². The lowest BCUT2D eigenvalue weighted by atomic mass is 10.0. The molecule has 1 amide bonds. The average molecular weight is 409 g/mol. The number of nitrogens with one attached hydrogen (secondary N) is 1. The fraction of sp³-hybridized carbons (Fsp3) is 0.750. The molecular formula is C12H16Cl3NO8. The molecule has 4 atom stereocenters. The molecule has 0 saturated carbocycles. The minimum Gasteiger partial charge on any atom is -0.456 e. The second-order valence-corrected chi connectivity index (χ2v) is 7.32. The van der Waals surface area contributed by atoms with Gasteiger partial charge in [0.15, 0.2) is 18.5 Å². The van der Waals surface area contributed by atoms with Gasteiger partial charge in [0.05, 0.1) is 6.61 Å². The molecule has 0 spiro atoms. The van der Waals surface area contributed by atoms with Crippen LogP contribution in [0.25, 0.3) is 0 Å². The number of esters is 2. The number of hydrogen-bond acceptors (Lipinski definition) is 8. The number of alkyl halides is 3. The summed E-state index contributed by atoms with van der Waals surface area (Å²) in [5.74, 6) is -1.37. The summed E-state index contributed by atoms with van der Waals surface area (Å²) in [6.07, 6.45) is -4.83. The zero-order valence-corrected chi connectivity index (χ0v) is 14.9. The fourth-order valence-electron chi connectivity index (χ4n) is 1.92. The van der Waals surface area contributed by atoms with Crippen molar-refractivity contribution < 1.29 is 38.4 Å². The Morgan fingerprint density at radius 3 is 2.29 bits per heavy atom. The van der Waals surface area contributed by atoms with Crippen LogP contribution in [0, 0.1) is 0 Å². The summed E-state index contributed by atoms with van der Waals surface area (Å²) in [4.78, 5) is 34.1. The normalized spacial score (nSPS) is 27.1. The Balaban J connectivity index is 2.82. The van der Waals surface area contributed by atoms with E-state index in [0.29, 0.717) is 0 Å². The zero-order chi connectivity index (χ0) is 18.5. The highest BCUT2D eigenvalue weighted by molar-refractivity contribution is 6.67. The van der Waals surface area contributed by atoms with Gasteiger partial charge >= 0.3 is 18.0 Å². The molecule has 12 heteroatoms. The highest BCUT2D eigenvalue weighted by Gasteiger charge is 2.45. The molecule has 0 aromatic heterocycles. The third-order valence-electron chi connectivity index (χ3n) is 2.73. The van der Waals surface area contributed by atoms with Gasteiger partial charge in [0.25, 0.3) is 0 Å². The summed E-state index contributed by atoms with van der Waals surface area (Å²) in [5, 5.41) is 12.1. The van der Waals surface area contributed by atoms with Crippen molar-refractivity contribution in [3.05, 3.63) is 0 Å². The van der Waals surface area contributed by atoms with Crippen molar-refractivity contribution in [1.82, 2.24) is 5.32 Å². The van der Waals surface area contributed by atoms with Gasteiger partial charge in [-0.05, 0) is 0 Å². The highest BCUT2D eigenvalue weighted by Crippen LogP contribution is 2.26. The van der Waals surface area contributed by atoms with Gasteiger partial charge in [0, 0.05) is 13.8 Å². The molecule has 1 aliphatic heterocycles. The van der Waals surface area contributed by atoms with Crippen molar-refractivity contribution in [3.8, 4) is 0 Å². The summed E-state index contributed by atoms with van der Waals surface area (Å²) in [6.45, 7) is 1.47. The van der Waals surface area contributed by atoms with Gasteiger partial charge in [0.1, 0.15) is 12.6 Å². The third-order valence-corrected chi connectivity index (χ3v) is 3.06. The molecule has 138 valence electrons. The first-order valence-corrected chi connectivity index (χ1v) is 7.77. The number of hydrogen-bond donors (Lipinski definition) is 2. The molecule has 1 fully saturated rings. The number of rotatable bonds is 4. The molecule has 1 rings (SSSR count). The molecule has 1 aliphatic rings. The molecule has 0 aliphatic carbocycles. The maximum Gasteiger partial charge on any atom is 0.407 e. The van der Waals surface area contributed by atoms with Gasteiger partial charge in [-0.25, -0.2) is 4.79 Å². The summed E-state index contributed by atoms with van der Waals surface area (Å²) >= 11 is 16.4. The van der Waals surface area contributed by atoms with Crippen molar-refractivity contribution in [3.63, 3.8) is 0 Å². The van der Waals surface area contributed by atoms with Gasteiger partial charge in [-0.15, -0.1) is 0 Å². The van der Waals surface area contributed by atoms with Crippen molar-refractivity contribution >= 4 is 52.8 Å². The summed E-state index contributed by atoms with van der Waals surface area (Å²) in [5.41, 5.74) is 0. The van der Waals surface area contributed by atoms with Crippen LogP contribution >= 0.6 is 34.8 Å². The number of alkyl carbamates (subject to hydrolysis) is 1. The average Bonchev–Trinajstić information content (AvgIpc) is 2.42. The molecule has 0 aromatic rings. The van der Waals surface area contributed by atoms with Gasteiger partial charge in [-0.1, -0.05) is 34.8 Å². The molecule has 0 unspecified atom stereocenters. The van der Waals surface area contributed by atoms with E-state index in [0.717, 1.165) is 13.8 Å². The Kier molecular flexibility index (Phi) is 7.81.